The van der Waals surface area contributed by atoms with Crippen LogP contribution >= 0.6 is 34.8 Å². The maximum absolute atomic E-state index is 11.8. The highest BCUT2D eigenvalue weighted by Crippen LogP contribution is 2.29. The van der Waals surface area contributed by atoms with Gasteiger partial charge in [0.25, 0.3) is 0 Å². The Morgan fingerprint density at radius 2 is 1.52 bits per heavy atom. The first-order valence-corrected chi connectivity index (χ1v) is 7.14. The van der Waals surface area contributed by atoms with E-state index in [-0.39, 0.29) is 0 Å². The van der Waals surface area contributed by atoms with Gasteiger partial charge in [-0.15, -0.1) is 0 Å². The van der Waals surface area contributed by atoms with Crippen LogP contribution in [-0.4, -0.2) is 6.03 Å². The van der Waals surface area contributed by atoms with E-state index in [1.54, 1.807) is 30.3 Å². The monoisotopic (exact) mass is 340 g/mol. The number of hydrogen-bond donors (Lipinski definition) is 2. The van der Waals surface area contributed by atoms with Gasteiger partial charge in [-0.25, -0.2) is 4.79 Å². The third kappa shape index (κ3) is 4.39. The molecule has 3 nitrogen and oxygen atoms in total. The van der Waals surface area contributed by atoms with Gasteiger partial charge in [0, 0.05) is 11.2 Å². The Morgan fingerprint density at radius 3 is 2.19 bits per heavy atom. The predicted octanol–water partition coefficient (Wildman–Crippen LogP) is 5.44. The smallest absolute Gasteiger partial charge is 0.314 e. The summed E-state index contributed by atoms with van der Waals surface area (Å²) < 4.78 is 0. The van der Waals surface area contributed by atoms with E-state index in [2.05, 4.69) is 10.6 Å². The number of amides is 2. The molecule has 0 aliphatic carbocycles. The number of halogens is 3. The zero-order valence-electron chi connectivity index (χ0n) is 10.7. The summed E-state index contributed by atoms with van der Waals surface area (Å²) in [5.74, 6) is 0. The number of carbonyl (C=O) groups is 1. The summed E-state index contributed by atoms with van der Waals surface area (Å²) in [5, 5.41) is 6.47. The SMILES string of the molecule is O=C(N/C=C/c1ccccc1Cl)Nc1c(Cl)cccc1Cl. The van der Waals surface area contributed by atoms with Crippen LogP contribution < -0.4 is 10.6 Å². The molecule has 2 aromatic carbocycles. The molecular formula is C15H11Cl3N2O. The van der Waals surface area contributed by atoms with Crippen LogP contribution in [0.1, 0.15) is 5.56 Å². The Hall–Kier alpha value is -1.68. The minimum atomic E-state index is -0.451. The van der Waals surface area contributed by atoms with Crippen molar-refractivity contribution in [2.24, 2.45) is 0 Å². The van der Waals surface area contributed by atoms with Crippen molar-refractivity contribution in [2.45, 2.75) is 0 Å². The molecule has 2 amide bonds. The van der Waals surface area contributed by atoms with Gasteiger partial charge in [-0.2, -0.15) is 0 Å². The summed E-state index contributed by atoms with van der Waals surface area (Å²) in [6.07, 6.45) is 3.18. The van der Waals surface area contributed by atoms with Crippen molar-refractivity contribution < 1.29 is 4.79 Å². The number of anilines is 1. The Balaban J connectivity index is 1.98. The molecule has 0 atom stereocenters. The van der Waals surface area contributed by atoms with Crippen molar-refractivity contribution in [1.82, 2.24) is 5.32 Å². The molecule has 2 aromatic rings. The molecule has 2 N–H and O–H groups in total. The third-order valence-electron chi connectivity index (χ3n) is 2.58. The lowest BCUT2D eigenvalue weighted by Gasteiger charge is -2.08. The lowest BCUT2D eigenvalue weighted by atomic mass is 10.2. The number of benzene rings is 2. The Kier molecular flexibility index (Phi) is 5.51. The molecule has 2 rings (SSSR count). The number of para-hydroxylation sites is 1. The number of rotatable bonds is 3. The summed E-state index contributed by atoms with van der Waals surface area (Å²) in [4.78, 5) is 11.8. The minimum absolute atomic E-state index is 0.365. The van der Waals surface area contributed by atoms with Gasteiger partial charge in [-0.05, 0) is 29.8 Å². The molecular weight excluding hydrogens is 331 g/mol. The van der Waals surface area contributed by atoms with E-state index in [9.17, 15) is 4.79 Å². The van der Waals surface area contributed by atoms with E-state index < -0.39 is 6.03 Å². The fraction of sp³-hybridized carbons (Fsp3) is 0. The second-order valence-electron chi connectivity index (χ2n) is 4.05. The van der Waals surface area contributed by atoms with Gasteiger partial charge >= 0.3 is 6.03 Å². The van der Waals surface area contributed by atoms with Crippen LogP contribution in [0.2, 0.25) is 15.1 Å². The molecule has 0 spiro atoms. The second kappa shape index (κ2) is 7.36. The fourth-order valence-corrected chi connectivity index (χ4v) is 2.27. The molecule has 0 unspecified atom stereocenters. The van der Waals surface area contributed by atoms with Gasteiger partial charge < -0.3 is 10.6 Å². The standard InChI is InChI=1S/C15H11Cl3N2O/c16-11-5-2-1-4-10(11)8-9-19-15(21)20-14-12(17)6-3-7-13(14)18/h1-9H,(H2,19,20,21)/b9-8+. The number of carbonyl (C=O) groups excluding carboxylic acids is 1. The minimum Gasteiger partial charge on any atom is -0.314 e. The first-order chi connectivity index (χ1) is 10.1. The maximum Gasteiger partial charge on any atom is 0.323 e. The summed E-state index contributed by atoms with van der Waals surface area (Å²) in [6.45, 7) is 0. The van der Waals surface area contributed by atoms with Gasteiger partial charge in [0.1, 0.15) is 0 Å². The largest absolute Gasteiger partial charge is 0.323 e. The van der Waals surface area contributed by atoms with Crippen LogP contribution in [0.3, 0.4) is 0 Å². The molecule has 0 radical (unpaired) electrons. The second-order valence-corrected chi connectivity index (χ2v) is 5.27. The number of nitrogens with one attached hydrogen (secondary N) is 2. The van der Waals surface area contributed by atoms with Gasteiger partial charge in [-0.1, -0.05) is 59.1 Å². The van der Waals surface area contributed by atoms with Gasteiger partial charge in [0.05, 0.1) is 15.7 Å². The van der Waals surface area contributed by atoms with E-state index in [0.717, 1.165) is 5.56 Å². The van der Waals surface area contributed by atoms with Crippen LogP contribution in [0.5, 0.6) is 0 Å². The van der Waals surface area contributed by atoms with Crippen LogP contribution in [0.15, 0.2) is 48.7 Å². The van der Waals surface area contributed by atoms with E-state index in [1.165, 1.54) is 6.20 Å². The fourth-order valence-electron chi connectivity index (χ4n) is 1.58. The highest BCUT2D eigenvalue weighted by atomic mass is 35.5. The van der Waals surface area contributed by atoms with Crippen molar-refractivity contribution in [3.05, 3.63) is 69.3 Å². The van der Waals surface area contributed by atoms with Crippen molar-refractivity contribution in [3.8, 4) is 0 Å². The molecule has 108 valence electrons. The molecule has 0 aliphatic heterocycles. The van der Waals surface area contributed by atoms with Crippen LogP contribution in [0, 0.1) is 0 Å². The molecule has 0 fully saturated rings. The van der Waals surface area contributed by atoms with E-state index in [0.29, 0.717) is 20.8 Å². The van der Waals surface area contributed by atoms with Gasteiger partial charge in [0.2, 0.25) is 0 Å². The molecule has 0 heterocycles. The Bertz CT molecular complexity index is 666. The summed E-state index contributed by atoms with van der Waals surface area (Å²) in [5.41, 5.74) is 1.17. The Morgan fingerprint density at radius 1 is 0.905 bits per heavy atom. The van der Waals surface area contributed by atoms with E-state index >= 15 is 0 Å². The molecule has 0 saturated heterocycles. The third-order valence-corrected chi connectivity index (χ3v) is 3.56. The molecule has 0 bridgehead atoms. The number of hydrogen-bond acceptors (Lipinski definition) is 1. The number of urea groups is 1. The maximum atomic E-state index is 11.8. The van der Waals surface area contributed by atoms with Crippen LogP contribution in [0.25, 0.3) is 6.08 Å². The lowest BCUT2D eigenvalue weighted by molar-refractivity contribution is 0.255. The van der Waals surface area contributed by atoms with E-state index in [4.69, 9.17) is 34.8 Å². The normalized spacial score (nSPS) is 10.6. The highest BCUT2D eigenvalue weighted by molar-refractivity contribution is 6.39. The average Bonchev–Trinajstić information content (AvgIpc) is 2.45. The predicted molar refractivity (Wildman–Crippen MR) is 89.1 cm³/mol. The molecule has 0 aromatic heterocycles. The summed E-state index contributed by atoms with van der Waals surface area (Å²) >= 11 is 17.9. The highest BCUT2D eigenvalue weighted by Gasteiger charge is 2.07. The van der Waals surface area contributed by atoms with Gasteiger partial charge in [-0.3, -0.25) is 0 Å². The molecule has 21 heavy (non-hydrogen) atoms. The zero-order valence-corrected chi connectivity index (χ0v) is 13.0. The van der Waals surface area contributed by atoms with Crippen molar-refractivity contribution in [1.29, 1.82) is 0 Å². The van der Waals surface area contributed by atoms with E-state index in [1.807, 2.05) is 18.2 Å². The Labute approximate surface area is 137 Å². The summed E-state index contributed by atoms with van der Waals surface area (Å²) in [6, 6.07) is 11.8. The van der Waals surface area contributed by atoms with Crippen molar-refractivity contribution >= 4 is 52.6 Å². The first-order valence-electron chi connectivity index (χ1n) is 6.00. The van der Waals surface area contributed by atoms with Crippen LogP contribution in [0.4, 0.5) is 10.5 Å². The van der Waals surface area contributed by atoms with Crippen LogP contribution in [-0.2, 0) is 0 Å². The van der Waals surface area contributed by atoms with Crippen molar-refractivity contribution in [3.63, 3.8) is 0 Å². The molecule has 0 saturated carbocycles. The lowest BCUT2D eigenvalue weighted by Crippen LogP contribution is -2.24. The summed E-state index contributed by atoms with van der Waals surface area (Å²) in [7, 11) is 0. The van der Waals surface area contributed by atoms with Gasteiger partial charge in [0.15, 0.2) is 0 Å². The average molecular weight is 342 g/mol. The zero-order chi connectivity index (χ0) is 15.2. The quantitative estimate of drug-likeness (QED) is 0.767. The molecule has 0 aliphatic rings. The topological polar surface area (TPSA) is 41.1 Å². The van der Waals surface area contributed by atoms with Crippen molar-refractivity contribution in [2.75, 3.05) is 5.32 Å². The first kappa shape index (κ1) is 15.7. The molecule has 6 heteroatoms.